The zero-order valence-electron chi connectivity index (χ0n) is 23.2. The lowest BCUT2D eigenvalue weighted by Crippen LogP contribution is -2.58. The summed E-state index contributed by atoms with van der Waals surface area (Å²) in [6.45, 7) is 23.4. The minimum Gasteiger partial charge on any atom is -0.0843 e. The highest BCUT2D eigenvalue weighted by atomic mass is 35.5. The van der Waals surface area contributed by atoms with Gasteiger partial charge in [0.2, 0.25) is 6.71 Å². The predicted molar refractivity (Wildman–Crippen MR) is 159 cm³/mol. The van der Waals surface area contributed by atoms with Crippen molar-refractivity contribution in [2.24, 2.45) is 0 Å². The second-order valence-electron chi connectivity index (χ2n) is 13.4. The van der Waals surface area contributed by atoms with Crippen molar-refractivity contribution in [1.82, 2.24) is 0 Å². The van der Waals surface area contributed by atoms with Gasteiger partial charge in [0.25, 0.3) is 0 Å². The van der Waals surface area contributed by atoms with Crippen molar-refractivity contribution in [2.45, 2.75) is 85.5 Å². The number of hydrogen-bond donors (Lipinski definition) is 0. The fraction of sp³-hybridized carbons (Fsp3) is 0.394. The van der Waals surface area contributed by atoms with Gasteiger partial charge in [0.15, 0.2) is 0 Å². The fourth-order valence-electron chi connectivity index (χ4n) is 5.35. The summed E-state index contributed by atoms with van der Waals surface area (Å²) in [6, 6.07) is 18.3. The van der Waals surface area contributed by atoms with Crippen LogP contribution in [0.1, 0.15) is 95.7 Å². The average molecular weight is 483 g/mol. The van der Waals surface area contributed by atoms with Crippen molar-refractivity contribution in [1.29, 1.82) is 0 Å². The van der Waals surface area contributed by atoms with E-state index in [1.54, 1.807) is 0 Å². The maximum Gasteiger partial charge on any atom is 0.243 e. The van der Waals surface area contributed by atoms with Gasteiger partial charge in [-0.2, -0.15) is 0 Å². The molecule has 1 aliphatic rings. The van der Waals surface area contributed by atoms with E-state index >= 15 is 0 Å². The molecule has 0 spiro atoms. The van der Waals surface area contributed by atoms with Crippen LogP contribution in [0.2, 0.25) is 5.02 Å². The molecule has 0 radical (unpaired) electrons. The van der Waals surface area contributed by atoms with Crippen LogP contribution in [0.3, 0.4) is 0 Å². The van der Waals surface area contributed by atoms with Crippen LogP contribution in [0, 0.1) is 6.92 Å². The molecule has 3 aromatic rings. The van der Waals surface area contributed by atoms with Crippen molar-refractivity contribution in [3.05, 3.63) is 86.9 Å². The lowest BCUT2D eigenvalue weighted by Gasteiger charge is -2.36. The van der Waals surface area contributed by atoms with Gasteiger partial charge >= 0.3 is 0 Å². The van der Waals surface area contributed by atoms with E-state index < -0.39 is 0 Å². The third-order valence-electron chi connectivity index (χ3n) is 7.31. The zero-order valence-corrected chi connectivity index (χ0v) is 24.0. The highest BCUT2D eigenvalue weighted by Gasteiger charge is 2.37. The van der Waals surface area contributed by atoms with Crippen LogP contribution < -0.4 is 16.4 Å². The lowest BCUT2D eigenvalue weighted by atomic mass is 9.33. The molecule has 4 rings (SSSR count). The second-order valence-corrected chi connectivity index (χ2v) is 13.8. The molecule has 1 heterocycles. The van der Waals surface area contributed by atoms with Gasteiger partial charge in [-0.05, 0) is 63.1 Å². The van der Waals surface area contributed by atoms with Crippen molar-refractivity contribution < 1.29 is 0 Å². The molecule has 0 N–H and O–H groups in total. The van der Waals surface area contributed by atoms with Crippen molar-refractivity contribution >= 4 is 46.9 Å². The molecule has 0 amide bonds. The standard InChI is InChI=1S/C33H40BCl/c1-21-11-15-28-22(17-21)12-13-23-18-25(35)14-16-29(23)34(28)30-26(32(5,6)7)19-24(31(2,3)4)20-27(30)33(8,9)10/h11-20H,1-10H3. The quantitative estimate of drug-likeness (QED) is 0.246. The molecule has 0 aromatic heterocycles. The Morgan fingerprint density at radius 3 is 1.57 bits per heavy atom. The number of hydrogen-bond acceptors (Lipinski definition) is 0. The minimum absolute atomic E-state index is 0.00618. The van der Waals surface area contributed by atoms with Gasteiger partial charge in [-0.25, -0.2) is 0 Å². The lowest BCUT2D eigenvalue weighted by molar-refractivity contribution is 0.553. The molecule has 0 fully saturated rings. The average Bonchev–Trinajstić information content (AvgIpc) is 2.87. The SMILES string of the molecule is Cc1ccc2c(c1)C=Cc1cc(Cl)ccc1B2c1c(C(C)(C)C)cc(C(C)(C)C)cc1C(C)(C)C. The van der Waals surface area contributed by atoms with Crippen LogP contribution in [0.5, 0.6) is 0 Å². The van der Waals surface area contributed by atoms with Crippen molar-refractivity contribution in [3.63, 3.8) is 0 Å². The molecule has 182 valence electrons. The zero-order chi connectivity index (χ0) is 25.9. The normalized spacial score (nSPS) is 14.0. The maximum absolute atomic E-state index is 6.50. The number of halogens is 1. The summed E-state index contributed by atoms with van der Waals surface area (Å²) < 4.78 is 0. The Kier molecular flexibility index (Phi) is 6.42. The summed E-state index contributed by atoms with van der Waals surface area (Å²) in [5, 5.41) is 0.782. The molecule has 0 nitrogen and oxygen atoms in total. The molecular formula is C33H40BCl. The summed E-state index contributed by atoms with van der Waals surface area (Å²) in [7, 11) is 0. The topological polar surface area (TPSA) is 0 Å². The molecule has 35 heavy (non-hydrogen) atoms. The third-order valence-corrected chi connectivity index (χ3v) is 7.54. The van der Waals surface area contributed by atoms with Crippen LogP contribution >= 0.6 is 11.6 Å². The van der Waals surface area contributed by atoms with E-state index in [0.717, 1.165) is 5.02 Å². The molecule has 0 atom stereocenters. The van der Waals surface area contributed by atoms with Gasteiger partial charge < -0.3 is 0 Å². The van der Waals surface area contributed by atoms with Gasteiger partial charge in [0, 0.05) is 5.02 Å². The molecular weight excluding hydrogens is 443 g/mol. The van der Waals surface area contributed by atoms with Gasteiger partial charge in [0.1, 0.15) is 0 Å². The second kappa shape index (κ2) is 8.70. The number of aryl methyl sites for hydroxylation is 1. The van der Waals surface area contributed by atoms with Crippen LogP contribution in [-0.2, 0) is 16.2 Å². The van der Waals surface area contributed by atoms with Crippen LogP contribution in [-0.4, -0.2) is 6.71 Å². The summed E-state index contributed by atoms with van der Waals surface area (Å²) in [5.41, 5.74) is 12.3. The van der Waals surface area contributed by atoms with E-state index in [0.29, 0.717) is 0 Å². The predicted octanol–water partition coefficient (Wildman–Crippen LogP) is 7.54. The molecule has 2 heteroatoms. The van der Waals surface area contributed by atoms with E-state index in [-0.39, 0.29) is 23.0 Å². The highest BCUT2D eigenvalue weighted by Crippen LogP contribution is 2.34. The smallest absolute Gasteiger partial charge is 0.0843 e. The van der Waals surface area contributed by atoms with E-state index in [4.69, 9.17) is 11.6 Å². The molecule has 0 unspecified atom stereocenters. The monoisotopic (exact) mass is 482 g/mol. The van der Waals surface area contributed by atoms with Crippen LogP contribution in [0.15, 0.2) is 48.5 Å². The first-order valence-electron chi connectivity index (χ1n) is 12.8. The Morgan fingerprint density at radius 2 is 1.09 bits per heavy atom. The Balaban J connectivity index is 2.20. The minimum atomic E-state index is -0.00618. The Morgan fingerprint density at radius 1 is 0.600 bits per heavy atom. The molecule has 0 saturated carbocycles. The Hall–Kier alpha value is -2.25. The van der Waals surface area contributed by atoms with Gasteiger partial charge in [-0.15, -0.1) is 0 Å². The third kappa shape index (κ3) is 5.03. The first-order valence-corrected chi connectivity index (χ1v) is 13.2. The fourth-order valence-corrected chi connectivity index (χ4v) is 5.53. The van der Waals surface area contributed by atoms with E-state index in [2.05, 4.69) is 130 Å². The van der Waals surface area contributed by atoms with Gasteiger partial charge in [-0.1, -0.05) is 144 Å². The summed E-state index contributed by atoms with van der Waals surface area (Å²) in [6.07, 6.45) is 4.52. The van der Waals surface area contributed by atoms with Gasteiger partial charge in [-0.3, -0.25) is 0 Å². The molecule has 0 saturated heterocycles. The van der Waals surface area contributed by atoms with Crippen molar-refractivity contribution in [3.8, 4) is 0 Å². The number of fused-ring (bicyclic) bond motifs is 2. The summed E-state index contributed by atoms with van der Waals surface area (Å²) in [4.78, 5) is 0. The number of benzene rings is 3. The largest absolute Gasteiger partial charge is 0.243 e. The molecule has 0 bridgehead atoms. The Labute approximate surface area is 218 Å². The van der Waals surface area contributed by atoms with Gasteiger partial charge in [0.05, 0.1) is 0 Å². The van der Waals surface area contributed by atoms with E-state index in [1.807, 2.05) is 0 Å². The molecule has 3 aromatic carbocycles. The molecule has 1 aliphatic heterocycles. The number of rotatable bonds is 1. The maximum atomic E-state index is 6.50. The van der Waals surface area contributed by atoms with E-state index in [9.17, 15) is 0 Å². The Bertz CT molecular complexity index is 1220. The first kappa shape index (κ1) is 25.8. The van der Waals surface area contributed by atoms with Crippen molar-refractivity contribution in [2.75, 3.05) is 0 Å². The summed E-state index contributed by atoms with van der Waals surface area (Å²) >= 11 is 6.50. The van der Waals surface area contributed by atoms with Crippen LogP contribution in [0.25, 0.3) is 12.2 Å². The van der Waals surface area contributed by atoms with Crippen LogP contribution in [0.4, 0.5) is 0 Å². The highest BCUT2D eigenvalue weighted by molar-refractivity contribution is 6.97. The molecule has 0 aliphatic carbocycles. The van der Waals surface area contributed by atoms with E-state index in [1.165, 1.54) is 49.8 Å². The first-order chi connectivity index (χ1) is 16.1. The summed E-state index contributed by atoms with van der Waals surface area (Å²) in [5.74, 6) is 0.